The first-order valence-corrected chi connectivity index (χ1v) is 7.24. The van der Waals surface area contributed by atoms with Gasteiger partial charge in [0, 0.05) is 12.7 Å². The van der Waals surface area contributed by atoms with Crippen molar-refractivity contribution in [1.82, 2.24) is 9.97 Å². The van der Waals surface area contributed by atoms with Crippen molar-refractivity contribution in [3.8, 4) is 5.75 Å². The van der Waals surface area contributed by atoms with E-state index in [0.29, 0.717) is 18.5 Å². The zero-order valence-corrected chi connectivity index (χ0v) is 12.8. The van der Waals surface area contributed by atoms with Crippen LogP contribution >= 0.6 is 0 Å². The Balaban J connectivity index is 2.11. The smallest absolute Gasteiger partial charge is 0.229 e. The number of nitrogens with zero attached hydrogens (tertiary/aromatic N) is 2. The Bertz CT molecular complexity index is 572. The van der Waals surface area contributed by atoms with E-state index in [-0.39, 0.29) is 0 Å². The van der Waals surface area contributed by atoms with E-state index < -0.39 is 0 Å². The molecule has 2 N–H and O–H groups in total. The lowest BCUT2D eigenvalue weighted by Crippen LogP contribution is -2.10. The number of aromatic nitrogens is 2. The summed E-state index contributed by atoms with van der Waals surface area (Å²) < 4.78 is 5.58. The first kappa shape index (κ1) is 15.1. The highest BCUT2D eigenvalue weighted by atomic mass is 16.5. The highest BCUT2D eigenvalue weighted by Gasteiger charge is 2.05. The van der Waals surface area contributed by atoms with Crippen LogP contribution in [-0.4, -0.2) is 23.1 Å². The molecule has 1 aromatic carbocycles. The highest BCUT2D eigenvalue weighted by Crippen LogP contribution is 2.26. The van der Waals surface area contributed by atoms with Crippen molar-refractivity contribution in [2.24, 2.45) is 5.92 Å². The minimum Gasteiger partial charge on any atom is -0.492 e. The molecule has 0 atom stereocenters. The van der Waals surface area contributed by atoms with Crippen molar-refractivity contribution in [3.63, 3.8) is 0 Å². The van der Waals surface area contributed by atoms with Crippen LogP contribution in [0, 0.1) is 5.92 Å². The predicted molar refractivity (Wildman–Crippen MR) is 86.3 cm³/mol. The van der Waals surface area contributed by atoms with Crippen LogP contribution in [0.25, 0.3) is 0 Å². The van der Waals surface area contributed by atoms with Crippen LogP contribution in [0.5, 0.6) is 5.75 Å². The molecular formula is C16H22N4O. The summed E-state index contributed by atoms with van der Waals surface area (Å²) in [6.45, 7) is 7.78. The molecule has 1 aromatic heterocycles. The summed E-state index contributed by atoms with van der Waals surface area (Å²) in [7, 11) is 0. The second-order valence-corrected chi connectivity index (χ2v) is 5.09. The van der Waals surface area contributed by atoms with Gasteiger partial charge in [0.25, 0.3) is 0 Å². The topological polar surface area (TPSA) is 59.1 Å². The van der Waals surface area contributed by atoms with Gasteiger partial charge in [-0.05, 0) is 31.0 Å². The second kappa shape index (κ2) is 7.47. The summed E-state index contributed by atoms with van der Waals surface area (Å²) in [5.74, 6) is 2.73. The first-order valence-electron chi connectivity index (χ1n) is 7.24. The van der Waals surface area contributed by atoms with E-state index in [1.807, 2.05) is 37.3 Å². The van der Waals surface area contributed by atoms with Crippen molar-refractivity contribution in [2.75, 3.05) is 23.8 Å². The quantitative estimate of drug-likeness (QED) is 0.813. The molecule has 0 aliphatic carbocycles. The minimum absolute atomic E-state index is 0.552. The number of ether oxygens (including phenoxy) is 1. The third kappa shape index (κ3) is 4.63. The van der Waals surface area contributed by atoms with Gasteiger partial charge in [0.2, 0.25) is 5.95 Å². The summed E-state index contributed by atoms with van der Waals surface area (Å²) in [4.78, 5) is 8.70. The first-order chi connectivity index (χ1) is 10.2. The Morgan fingerprint density at radius 2 is 2.00 bits per heavy atom. The molecule has 0 saturated carbocycles. The van der Waals surface area contributed by atoms with Gasteiger partial charge in [-0.15, -0.1) is 0 Å². The van der Waals surface area contributed by atoms with Crippen LogP contribution in [0.1, 0.15) is 20.8 Å². The van der Waals surface area contributed by atoms with Gasteiger partial charge in [0.05, 0.1) is 12.3 Å². The lowest BCUT2D eigenvalue weighted by molar-refractivity contribution is 0.342. The molecule has 2 rings (SSSR count). The minimum atomic E-state index is 0.552. The second-order valence-electron chi connectivity index (χ2n) is 5.09. The van der Waals surface area contributed by atoms with Crippen LogP contribution in [0.2, 0.25) is 0 Å². The van der Waals surface area contributed by atoms with Crippen LogP contribution in [-0.2, 0) is 0 Å². The summed E-state index contributed by atoms with van der Waals surface area (Å²) in [5.41, 5.74) is 0.861. The standard InChI is InChI=1S/C16H22N4O/c1-4-21-14-8-6-5-7-13(14)19-16-17-10-9-15(20-16)18-11-12(2)3/h5-10,12H,4,11H2,1-3H3,(H2,17,18,19,20). The number of para-hydroxylation sites is 2. The fourth-order valence-electron chi connectivity index (χ4n) is 1.80. The van der Waals surface area contributed by atoms with Crippen molar-refractivity contribution in [2.45, 2.75) is 20.8 Å². The number of hydrogen-bond acceptors (Lipinski definition) is 5. The largest absolute Gasteiger partial charge is 0.492 e. The Hall–Kier alpha value is -2.30. The molecule has 5 heteroatoms. The molecule has 0 radical (unpaired) electrons. The number of anilines is 3. The van der Waals surface area contributed by atoms with Gasteiger partial charge in [0.1, 0.15) is 11.6 Å². The average molecular weight is 286 g/mol. The number of hydrogen-bond donors (Lipinski definition) is 2. The monoisotopic (exact) mass is 286 g/mol. The number of rotatable bonds is 7. The molecule has 0 spiro atoms. The van der Waals surface area contributed by atoms with Crippen molar-refractivity contribution in [1.29, 1.82) is 0 Å². The Morgan fingerprint density at radius 3 is 2.76 bits per heavy atom. The molecule has 5 nitrogen and oxygen atoms in total. The Labute approximate surface area is 125 Å². The molecule has 0 bridgehead atoms. The van der Waals surface area contributed by atoms with E-state index in [2.05, 4.69) is 34.4 Å². The number of benzene rings is 1. The maximum Gasteiger partial charge on any atom is 0.229 e. The van der Waals surface area contributed by atoms with Crippen LogP contribution in [0.4, 0.5) is 17.5 Å². The van der Waals surface area contributed by atoms with E-state index in [9.17, 15) is 0 Å². The molecular weight excluding hydrogens is 264 g/mol. The van der Waals surface area contributed by atoms with E-state index in [4.69, 9.17) is 4.74 Å². The third-order valence-electron chi connectivity index (χ3n) is 2.78. The van der Waals surface area contributed by atoms with E-state index in [1.54, 1.807) is 6.20 Å². The van der Waals surface area contributed by atoms with E-state index >= 15 is 0 Å². The van der Waals surface area contributed by atoms with Crippen LogP contribution in [0.3, 0.4) is 0 Å². The predicted octanol–water partition coefficient (Wildman–Crippen LogP) is 3.69. The van der Waals surface area contributed by atoms with Gasteiger partial charge < -0.3 is 15.4 Å². The molecule has 2 aromatic rings. The zero-order valence-electron chi connectivity index (χ0n) is 12.8. The highest BCUT2D eigenvalue weighted by molar-refractivity contribution is 5.62. The summed E-state index contributed by atoms with van der Waals surface area (Å²) in [5, 5.41) is 6.49. The van der Waals surface area contributed by atoms with Crippen molar-refractivity contribution in [3.05, 3.63) is 36.5 Å². The van der Waals surface area contributed by atoms with E-state index in [1.165, 1.54) is 0 Å². The van der Waals surface area contributed by atoms with Gasteiger partial charge >= 0.3 is 0 Å². The van der Waals surface area contributed by atoms with Gasteiger partial charge in [-0.1, -0.05) is 26.0 Å². The van der Waals surface area contributed by atoms with Gasteiger partial charge in [0.15, 0.2) is 0 Å². The zero-order chi connectivity index (χ0) is 15.1. The fraction of sp³-hybridized carbons (Fsp3) is 0.375. The summed E-state index contributed by atoms with van der Waals surface area (Å²) >= 11 is 0. The number of nitrogens with one attached hydrogen (secondary N) is 2. The molecule has 0 unspecified atom stereocenters. The fourth-order valence-corrected chi connectivity index (χ4v) is 1.80. The SMILES string of the molecule is CCOc1ccccc1Nc1nccc(NCC(C)C)n1. The normalized spacial score (nSPS) is 10.5. The molecule has 0 aliphatic heterocycles. The van der Waals surface area contributed by atoms with Crippen molar-refractivity contribution < 1.29 is 4.74 Å². The maximum absolute atomic E-state index is 5.58. The lowest BCUT2D eigenvalue weighted by Gasteiger charge is -2.12. The average Bonchev–Trinajstić information content (AvgIpc) is 2.48. The maximum atomic E-state index is 5.58. The summed E-state index contributed by atoms with van der Waals surface area (Å²) in [6.07, 6.45) is 1.74. The van der Waals surface area contributed by atoms with Crippen LogP contribution < -0.4 is 15.4 Å². The molecule has 1 heterocycles. The van der Waals surface area contributed by atoms with Gasteiger partial charge in [-0.25, -0.2) is 4.98 Å². The molecule has 0 saturated heterocycles. The third-order valence-corrected chi connectivity index (χ3v) is 2.78. The molecule has 0 aliphatic rings. The Morgan fingerprint density at radius 1 is 1.19 bits per heavy atom. The van der Waals surface area contributed by atoms with E-state index in [0.717, 1.165) is 23.8 Å². The van der Waals surface area contributed by atoms with Crippen LogP contribution in [0.15, 0.2) is 36.5 Å². The molecule has 0 amide bonds. The Kier molecular flexibility index (Phi) is 5.37. The van der Waals surface area contributed by atoms with Gasteiger partial charge in [-0.3, -0.25) is 0 Å². The van der Waals surface area contributed by atoms with Gasteiger partial charge in [-0.2, -0.15) is 4.98 Å². The molecule has 21 heavy (non-hydrogen) atoms. The van der Waals surface area contributed by atoms with Crippen molar-refractivity contribution >= 4 is 17.5 Å². The molecule has 0 fully saturated rings. The molecule has 112 valence electrons. The summed E-state index contributed by atoms with van der Waals surface area (Å²) in [6, 6.07) is 9.63. The lowest BCUT2D eigenvalue weighted by atomic mass is 10.2.